The number of hydrogen-bond acceptors (Lipinski definition) is 5. The maximum absolute atomic E-state index is 11.7. The van der Waals surface area contributed by atoms with Gasteiger partial charge in [-0.05, 0) is 12.8 Å². The van der Waals surface area contributed by atoms with Crippen molar-refractivity contribution < 1.29 is 9.32 Å². The van der Waals surface area contributed by atoms with Crippen LogP contribution in [0, 0.1) is 0 Å². The third-order valence-electron chi connectivity index (χ3n) is 2.85. The molecule has 0 aromatic carbocycles. The van der Waals surface area contributed by atoms with E-state index >= 15 is 0 Å². The van der Waals surface area contributed by atoms with Crippen molar-refractivity contribution in [3.05, 3.63) is 29.7 Å². The van der Waals surface area contributed by atoms with Gasteiger partial charge in [-0.2, -0.15) is 5.10 Å². The zero-order valence-corrected chi connectivity index (χ0v) is 9.72. The van der Waals surface area contributed by atoms with Crippen LogP contribution in [-0.2, 0) is 6.42 Å². The van der Waals surface area contributed by atoms with Crippen molar-refractivity contribution in [3.63, 3.8) is 0 Å². The van der Waals surface area contributed by atoms with E-state index in [0.29, 0.717) is 24.6 Å². The van der Waals surface area contributed by atoms with Gasteiger partial charge in [0.1, 0.15) is 17.9 Å². The van der Waals surface area contributed by atoms with Crippen LogP contribution in [0.3, 0.4) is 0 Å². The maximum atomic E-state index is 11.7. The molecule has 2 heterocycles. The quantitative estimate of drug-likeness (QED) is 0.808. The lowest BCUT2D eigenvalue weighted by molar-refractivity contribution is 0.0945. The summed E-state index contributed by atoms with van der Waals surface area (Å²) in [6, 6.07) is 1.72. The molecular weight excluding hydrogens is 234 g/mol. The van der Waals surface area contributed by atoms with Gasteiger partial charge in [0, 0.05) is 24.9 Å². The van der Waals surface area contributed by atoms with Crippen molar-refractivity contribution >= 4 is 5.91 Å². The highest BCUT2D eigenvalue weighted by atomic mass is 16.5. The molecule has 94 valence electrons. The van der Waals surface area contributed by atoms with E-state index < -0.39 is 0 Å². The number of hydrogen-bond donors (Lipinski definition) is 2. The average Bonchev–Trinajstić information content (AvgIpc) is 2.92. The number of nitrogens with zero attached hydrogens (tertiary/aromatic N) is 3. The average molecular weight is 247 g/mol. The summed E-state index contributed by atoms with van der Waals surface area (Å²) in [4.78, 5) is 15.7. The van der Waals surface area contributed by atoms with Crippen LogP contribution in [0.15, 0.2) is 16.9 Å². The van der Waals surface area contributed by atoms with E-state index in [4.69, 9.17) is 4.52 Å². The summed E-state index contributed by atoms with van der Waals surface area (Å²) in [5.74, 6) is 1.81. The van der Waals surface area contributed by atoms with Crippen LogP contribution in [0.1, 0.15) is 40.8 Å². The number of carbonyl (C=O) groups is 1. The van der Waals surface area contributed by atoms with Gasteiger partial charge in [0.15, 0.2) is 5.69 Å². The normalized spacial score (nSPS) is 14.7. The first-order valence-corrected chi connectivity index (χ1v) is 5.92. The van der Waals surface area contributed by atoms with Gasteiger partial charge in [0.2, 0.25) is 0 Å². The van der Waals surface area contributed by atoms with Gasteiger partial charge in [0.05, 0.1) is 0 Å². The molecule has 18 heavy (non-hydrogen) atoms. The lowest BCUT2D eigenvalue weighted by Crippen LogP contribution is -2.26. The second-order valence-electron chi connectivity index (χ2n) is 4.33. The molecule has 0 radical (unpaired) electrons. The van der Waals surface area contributed by atoms with E-state index in [1.807, 2.05) is 0 Å². The maximum Gasteiger partial charge on any atom is 0.273 e. The Morgan fingerprint density at radius 3 is 3.17 bits per heavy atom. The number of amides is 1. The van der Waals surface area contributed by atoms with Crippen LogP contribution in [0.2, 0.25) is 0 Å². The lowest BCUT2D eigenvalue weighted by Gasteiger charge is -1.99. The number of H-pyrrole nitrogens is 1. The molecule has 1 aliphatic rings. The molecule has 0 spiro atoms. The zero-order chi connectivity index (χ0) is 12.4. The van der Waals surface area contributed by atoms with Crippen LogP contribution in [0.4, 0.5) is 0 Å². The van der Waals surface area contributed by atoms with Crippen LogP contribution in [0.5, 0.6) is 0 Å². The molecule has 3 rings (SSSR count). The minimum atomic E-state index is -0.217. The molecule has 1 saturated carbocycles. The Bertz CT molecular complexity index is 529. The molecule has 0 aliphatic heterocycles. The fourth-order valence-corrected chi connectivity index (χ4v) is 1.69. The first-order valence-electron chi connectivity index (χ1n) is 5.92. The number of aromatic nitrogens is 4. The molecule has 1 fully saturated rings. The molecule has 0 unspecified atom stereocenters. The van der Waals surface area contributed by atoms with E-state index in [9.17, 15) is 4.79 Å². The summed E-state index contributed by atoms with van der Waals surface area (Å²) < 4.78 is 5.12. The summed E-state index contributed by atoms with van der Waals surface area (Å²) in [6.07, 6.45) is 4.30. The summed E-state index contributed by atoms with van der Waals surface area (Å²) in [6.45, 7) is 0.486. The Labute approximate surface area is 103 Å². The van der Waals surface area contributed by atoms with Crippen LogP contribution >= 0.6 is 0 Å². The molecule has 0 bridgehead atoms. The fraction of sp³-hybridized carbons (Fsp3) is 0.455. The first-order chi connectivity index (χ1) is 8.83. The first kappa shape index (κ1) is 10.9. The van der Waals surface area contributed by atoms with E-state index in [1.165, 1.54) is 6.33 Å². The topological polar surface area (TPSA) is 96.7 Å². The summed E-state index contributed by atoms with van der Waals surface area (Å²) in [5, 5.41) is 13.0. The number of nitrogens with one attached hydrogen (secondary N) is 2. The Morgan fingerprint density at radius 1 is 1.56 bits per heavy atom. The van der Waals surface area contributed by atoms with Crippen LogP contribution < -0.4 is 5.32 Å². The predicted octanol–water partition coefficient (Wildman–Crippen LogP) is 0.643. The molecule has 1 aliphatic carbocycles. The van der Waals surface area contributed by atoms with Gasteiger partial charge in [-0.15, -0.1) is 0 Å². The lowest BCUT2D eigenvalue weighted by atomic mass is 10.3. The summed E-state index contributed by atoms with van der Waals surface area (Å²) in [5.41, 5.74) is 0.342. The molecule has 7 heteroatoms. The van der Waals surface area contributed by atoms with Crippen molar-refractivity contribution in [2.75, 3.05) is 6.54 Å². The molecular formula is C11H13N5O2. The fourth-order valence-electron chi connectivity index (χ4n) is 1.69. The number of aromatic amines is 1. The number of carbonyl (C=O) groups excluding carboxylic acids is 1. The van der Waals surface area contributed by atoms with Crippen molar-refractivity contribution in [3.8, 4) is 0 Å². The molecule has 2 aromatic rings. The van der Waals surface area contributed by atoms with Crippen LogP contribution in [0.25, 0.3) is 0 Å². The molecule has 0 saturated heterocycles. The Morgan fingerprint density at radius 2 is 2.44 bits per heavy atom. The SMILES string of the molecule is O=C(NCCc1ncn[nH]1)c1cc(C2CC2)on1. The standard InChI is InChI=1S/C11H13N5O2/c17-11(12-4-3-10-13-6-14-15-10)8-5-9(18-16-8)7-1-2-7/h5-7H,1-4H2,(H,12,17)(H,13,14,15). The highest BCUT2D eigenvalue weighted by Crippen LogP contribution is 2.40. The van der Waals surface area contributed by atoms with Gasteiger partial charge in [-0.1, -0.05) is 5.16 Å². The van der Waals surface area contributed by atoms with Crippen molar-refractivity contribution in [1.29, 1.82) is 0 Å². The monoisotopic (exact) mass is 247 g/mol. The second kappa shape index (κ2) is 4.59. The molecule has 0 atom stereocenters. The third kappa shape index (κ3) is 2.39. The second-order valence-corrected chi connectivity index (χ2v) is 4.33. The van der Waals surface area contributed by atoms with Crippen LogP contribution in [-0.4, -0.2) is 32.8 Å². The Kier molecular flexibility index (Phi) is 2.79. The van der Waals surface area contributed by atoms with E-state index in [1.54, 1.807) is 6.07 Å². The predicted molar refractivity (Wildman–Crippen MR) is 60.9 cm³/mol. The van der Waals surface area contributed by atoms with Gasteiger partial charge < -0.3 is 9.84 Å². The highest BCUT2D eigenvalue weighted by Gasteiger charge is 2.28. The van der Waals surface area contributed by atoms with Gasteiger partial charge >= 0.3 is 0 Å². The van der Waals surface area contributed by atoms with Gasteiger partial charge in [0.25, 0.3) is 5.91 Å². The Balaban J connectivity index is 1.50. The molecule has 7 nitrogen and oxygen atoms in total. The summed E-state index contributed by atoms with van der Waals surface area (Å²) in [7, 11) is 0. The molecule has 1 amide bonds. The van der Waals surface area contributed by atoms with E-state index in [0.717, 1.165) is 24.4 Å². The minimum absolute atomic E-state index is 0.217. The minimum Gasteiger partial charge on any atom is -0.360 e. The third-order valence-corrected chi connectivity index (χ3v) is 2.85. The van der Waals surface area contributed by atoms with Gasteiger partial charge in [-0.3, -0.25) is 9.89 Å². The molecule has 2 aromatic heterocycles. The smallest absolute Gasteiger partial charge is 0.273 e. The highest BCUT2D eigenvalue weighted by molar-refractivity contribution is 5.92. The van der Waals surface area contributed by atoms with E-state index in [2.05, 4.69) is 25.7 Å². The van der Waals surface area contributed by atoms with Gasteiger partial charge in [-0.25, -0.2) is 4.98 Å². The molecule has 2 N–H and O–H groups in total. The van der Waals surface area contributed by atoms with Crippen molar-refractivity contribution in [2.24, 2.45) is 0 Å². The Hall–Kier alpha value is -2.18. The van der Waals surface area contributed by atoms with E-state index in [-0.39, 0.29) is 5.91 Å². The van der Waals surface area contributed by atoms with Crippen molar-refractivity contribution in [2.45, 2.75) is 25.2 Å². The number of rotatable bonds is 5. The zero-order valence-electron chi connectivity index (χ0n) is 9.72. The summed E-state index contributed by atoms with van der Waals surface area (Å²) >= 11 is 0. The van der Waals surface area contributed by atoms with Crippen molar-refractivity contribution in [1.82, 2.24) is 25.7 Å². The largest absolute Gasteiger partial charge is 0.360 e.